The van der Waals surface area contributed by atoms with Gasteiger partial charge < -0.3 is 9.64 Å². The number of ether oxygens (including phenoxy) is 1. The van der Waals surface area contributed by atoms with Crippen LogP contribution in [0.25, 0.3) is 0 Å². The summed E-state index contributed by atoms with van der Waals surface area (Å²) in [5.74, 6) is -0.910. The highest BCUT2D eigenvalue weighted by molar-refractivity contribution is 7.91. The lowest BCUT2D eigenvalue weighted by molar-refractivity contribution is -0.129. The van der Waals surface area contributed by atoms with Crippen molar-refractivity contribution in [3.05, 3.63) is 59.9 Å². The number of halogens is 1. The lowest BCUT2D eigenvalue weighted by atomic mass is 10.2. The molecule has 0 bridgehead atoms. The second-order valence-electron chi connectivity index (χ2n) is 5.98. The van der Waals surface area contributed by atoms with Crippen molar-refractivity contribution in [1.82, 2.24) is 4.90 Å². The number of sulfone groups is 1. The molecule has 2 aromatic carbocycles. The van der Waals surface area contributed by atoms with Gasteiger partial charge in [0.05, 0.1) is 17.2 Å². The monoisotopic (exact) mass is 379 g/mol. The van der Waals surface area contributed by atoms with Gasteiger partial charge in [0.1, 0.15) is 6.61 Å². The van der Waals surface area contributed by atoms with Gasteiger partial charge in [-0.3, -0.25) is 4.79 Å². The summed E-state index contributed by atoms with van der Waals surface area (Å²) in [7, 11) is -1.94. The van der Waals surface area contributed by atoms with Crippen molar-refractivity contribution >= 4 is 15.7 Å². The number of amides is 1. The predicted molar refractivity (Wildman–Crippen MR) is 97.4 cm³/mol. The molecule has 2 rings (SSSR count). The number of aryl methyl sites for hydroxylation is 1. The van der Waals surface area contributed by atoms with Gasteiger partial charge in [-0.05, 0) is 31.2 Å². The summed E-state index contributed by atoms with van der Waals surface area (Å²) in [6.07, 6.45) is -0.119. The number of benzene rings is 2. The summed E-state index contributed by atoms with van der Waals surface area (Å²) >= 11 is 0. The van der Waals surface area contributed by atoms with E-state index in [2.05, 4.69) is 0 Å². The van der Waals surface area contributed by atoms with Crippen molar-refractivity contribution in [1.29, 1.82) is 0 Å². The Morgan fingerprint density at radius 3 is 2.42 bits per heavy atom. The van der Waals surface area contributed by atoms with Gasteiger partial charge >= 0.3 is 0 Å². The van der Waals surface area contributed by atoms with Crippen LogP contribution in [-0.4, -0.2) is 45.2 Å². The molecule has 0 aromatic heterocycles. The maximum atomic E-state index is 13.4. The van der Waals surface area contributed by atoms with E-state index in [-0.39, 0.29) is 41.9 Å². The van der Waals surface area contributed by atoms with Gasteiger partial charge in [0.2, 0.25) is 5.91 Å². The third-order valence-electron chi connectivity index (χ3n) is 3.91. The minimum Gasteiger partial charge on any atom is -0.489 e. The van der Waals surface area contributed by atoms with Crippen LogP contribution in [0.3, 0.4) is 0 Å². The lowest BCUT2D eigenvalue weighted by Crippen LogP contribution is -2.32. The fourth-order valence-electron chi connectivity index (χ4n) is 2.26. The molecule has 0 aliphatic rings. The number of carbonyl (C=O) groups excluding carboxylic acids is 1. The van der Waals surface area contributed by atoms with Gasteiger partial charge in [-0.25, -0.2) is 12.8 Å². The third kappa shape index (κ3) is 5.56. The molecule has 0 radical (unpaired) electrons. The number of hydrogen-bond acceptors (Lipinski definition) is 4. The van der Waals surface area contributed by atoms with Crippen molar-refractivity contribution in [2.45, 2.75) is 18.2 Å². The fourth-order valence-corrected chi connectivity index (χ4v) is 3.48. The summed E-state index contributed by atoms with van der Waals surface area (Å²) in [6, 6.07) is 12.5. The highest BCUT2D eigenvalue weighted by Gasteiger charge is 2.18. The molecule has 0 saturated carbocycles. The maximum Gasteiger partial charge on any atom is 0.223 e. The van der Waals surface area contributed by atoms with Crippen molar-refractivity contribution in [2.24, 2.45) is 0 Å². The molecule has 0 heterocycles. The first-order valence-corrected chi connectivity index (χ1v) is 9.85. The Hall–Kier alpha value is -2.41. The molecule has 2 aromatic rings. The first kappa shape index (κ1) is 19.9. The SMILES string of the molecule is Cc1ccc(S(=O)(=O)CCC(=O)N(C)CCOc2ccccc2F)cc1. The summed E-state index contributed by atoms with van der Waals surface area (Å²) in [5.41, 5.74) is 0.967. The van der Waals surface area contributed by atoms with E-state index in [1.165, 1.54) is 17.0 Å². The maximum absolute atomic E-state index is 13.4. The Morgan fingerprint density at radius 1 is 1.12 bits per heavy atom. The summed E-state index contributed by atoms with van der Waals surface area (Å²) in [4.78, 5) is 13.7. The predicted octanol–water partition coefficient (Wildman–Crippen LogP) is 2.84. The minimum absolute atomic E-state index is 0.119. The molecule has 0 saturated heterocycles. The molecule has 5 nitrogen and oxygen atoms in total. The summed E-state index contributed by atoms with van der Waals surface area (Å²) in [5, 5.41) is 0. The van der Waals surface area contributed by atoms with Crippen LogP contribution in [0.1, 0.15) is 12.0 Å². The first-order valence-electron chi connectivity index (χ1n) is 8.20. The molecule has 0 fully saturated rings. The van der Waals surface area contributed by atoms with Crippen LogP contribution in [-0.2, 0) is 14.6 Å². The van der Waals surface area contributed by atoms with Gasteiger partial charge in [0.25, 0.3) is 0 Å². The van der Waals surface area contributed by atoms with Crippen LogP contribution in [0.2, 0.25) is 0 Å². The van der Waals surface area contributed by atoms with Crippen LogP contribution < -0.4 is 4.74 Å². The molecule has 140 valence electrons. The minimum atomic E-state index is -3.50. The average Bonchev–Trinajstić information content (AvgIpc) is 2.61. The van der Waals surface area contributed by atoms with E-state index in [0.29, 0.717) is 0 Å². The largest absolute Gasteiger partial charge is 0.489 e. The molecular weight excluding hydrogens is 357 g/mol. The molecule has 0 unspecified atom stereocenters. The molecular formula is C19H22FNO4S. The molecule has 1 amide bonds. The standard InChI is InChI=1S/C19H22FNO4S/c1-15-7-9-16(10-8-15)26(23,24)14-11-19(22)21(2)12-13-25-18-6-4-3-5-17(18)20/h3-10H,11-14H2,1-2H3. The number of nitrogens with zero attached hydrogens (tertiary/aromatic N) is 1. The Kier molecular flexibility index (Phi) is 6.74. The Morgan fingerprint density at radius 2 is 1.77 bits per heavy atom. The van der Waals surface area contributed by atoms with E-state index < -0.39 is 15.7 Å². The quantitative estimate of drug-likeness (QED) is 0.708. The number of para-hydroxylation sites is 1. The van der Waals surface area contributed by atoms with Crippen molar-refractivity contribution in [2.75, 3.05) is 26.0 Å². The zero-order valence-electron chi connectivity index (χ0n) is 14.8. The number of carbonyl (C=O) groups is 1. The van der Waals surface area contributed by atoms with Crippen LogP contribution in [0.5, 0.6) is 5.75 Å². The smallest absolute Gasteiger partial charge is 0.223 e. The van der Waals surface area contributed by atoms with Gasteiger partial charge in [-0.15, -0.1) is 0 Å². The molecule has 26 heavy (non-hydrogen) atoms. The van der Waals surface area contributed by atoms with E-state index in [1.54, 1.807) is 43.4 Å². The molecule has 0 aliphatic carbocycles. The summed E-state index contributed by atoms with van der Waals surface area (Å²) in [6.45, 7) is 2.23. The van der Waals surface area contributed by atoms with E-state index in [9.17, 15) is 17.6 Å². The molecule has 0 spiro atoms. The van der Waals surface area contributed by atoms with E-state index in [0.717, 1.165) is 5.56 Å². The van der Waals surface area contributed by atoms with Gasteiger partial charge in [-0.2, -0.15) is 0 Å². The topological polar surface area (TPSA) is 63.7 Å². The average molecular weight is 379 g/mol. The highest BCUT2D eigenvalue weighted by atomic mass is 32.2. The first-order chi connectivity index (χ1) is 12.3. The second-order valence-corrected chi connectivity index (χ2v) is 8.09. The van der Waals surface area contributed by atoms with Crippen molar-refractivity contribution in [3.8, 4) is 5.75 Å². The van der Waals surface area contributed by atoms with Crippen LogP contribution in [0.4, 0.5) is 4.39 Å². The lowest BCUT2D eigenvalue weighted by Gasteiger charge is -2.17. The van der Waals surface area contributed by atoms with Crippen molar-refractivity contribution < 1.29 is 22.3 Å². The van der Waals surface area contributed by atoms with E-state index in [4.69, 9.17) is 4.74 Å². The van der Waals surface area contributed by atoms with Crippen LogP contribution in [0.15, 0.2) is 53.4 Å². The number of rotatable bonds is 8. The number of likely N-dealkylation sites (N-methyl/N-ethyl adjacent to an activating group) is 1. The highest BCUT2D eigenvalue weighted by Crippen LogP contribution is 2.15. The molecule has 7 heteroatoms. The Bertz CT molecular complexity index is 850. The molecule has 0 atom stereocenters. The second kappa shape index (κ2) is 8.80. The normalized spacial score (nSPS) is 11.2. The van der Waals surface area contributed by atoms with Crippen LogP contribution >= 0.6 is 0 Å². The Balaban J connectivity index is 1.81. The zero-order valence-corrected chi connectivity index (χ0v) is 15.6. The fraction of sp³-hybridized carbons (Fsp3) is 0.316. The zero-order chi connectivity index (χ0) is 19.2. The number of hydrogen-bond donors (Lipinski definition) is 0. The third-order valence-corrected chi connectivity index (χ3v) is 5.64. The van der Waals surface area contributed by atoms with Crippen molar-refractivity contribution in [3.63, 3.8) is 0 Å². The van der Waals surface area contributed by atoms with Crippen LogP contribution in [0, 0.1) is 12.7 Å². The van der Waals surface area contributed by atoms with Gasteiger partial charge in [0, 0.05) is 13.5 Å². The Labute approximate surface area is 153 Å². The molecule has 0 aliphatic heterocycles. The molecule has 0 N–H and O–H groups in total. The summed E-state index contributed by atoms with van der Waals surface area (Å²) < 4.78 is 43.3. The van der Waals surface area contributed by atoms with Gasteiger partial charge in [-0.1, -0.05) is 29.8 Å². The van der Waals surface area contributed by atoms with E-state index >= 15 is 0 Å². The van der Waals surface area contributed by atoms with Gasteiger partial charge in [0.15, 0.2) is 21.4 Å². The van der Waals surface area contributed by atoms with E-state index in [1.807, 2.05) is 6.92 Å².